The Hall–Kier alpha value is -0.460. The predicted molar refractivity (Wildman–Crippen MR) is 100 cm³/mol. The van der Waals surface area contributed by atoms with Crippen molar-refractivity contribution < 1.29 is 14.5 Å². The quantitative estimate of drug-likeness (QED) is 0.722. The van der Waals surface area contributed by atoms with Crippen LogP contribution in [0.3, 0.4) is 0 Å². The van der Waals surface area contributed by atoms with Crippen molar-refractivity contribution in [2.75, 3.05) is 0 Å². The van der Waals surface area contributed by atoms with E-state index < -0.39 is 17.5 Å². The highest BCUT2D eigenvalue weighted by Crippen LogP contribution is 2.34. The van der Waals surface area contributed by atoms with Gasteiger partial charge in [-0.3, -0.25) is 0 Å². The first-order valence-electron chi connectivity index (χ1n) is 9.08. The summed E-state index contributed by atoms with van der Waals surface area (Å²) in [5.41, 5.74) is -0.376. The molecule has 142 valence electrons. The zero-order valence-electron chi connectivity index (χ0n) is 16.4. The Morgan fingerprint density at radius 3 is 2.04 bits per heavy atom. The number of hydrogen-bond donors (Lipinski definition) is 2. The average Bonchev–Trinajstić information content (AvgIpc) is 2.42. The van der Waals surface area contributed by atoms with Gasteiger partial charge in [-0.05, 0) is 79.6 Å². The van der Waals surface area contributed by atoms with Crippen molar-refractivity contribution >= 4 is 17.5 Å². The molecule has 24 heavy (non-hydrogen) atoms. The minimum Gasteiger partial charge on any atom is -0.598 e. The average molecular weight is 361 g/mol. The van der Waals surface area contributed by atoms with E-state index in [-0.39, 0.29) is 22.4 Å². The molecule has 0 saturated heterocycles. The number of carbonyl (C=O) groups is 1. The number of nitrogens with one attached hydrogen (secondary N) is 1. The smallest absolute Gasteiger partial charge is 0.407 e. The van der Waals surface area contributed by atoms with Gasteiger partial charge in [-0.15, -0.1) is 4.72 Å². The normalized spacial score (nSPS) is 25.2. The Labute approximate surface area is 150 Å². The second kappa shape index (κ2) is 8.28. The lowest BCUT2D eigenvalue weighted by Gasteiger charge is -2.44. The van der Waals surface area contributed by atoms with Crippen LogP contribution in [0.2, 0.25) is 0 Å². The molecule has 0 spiro atoms. The van der Waals surface area contributed by atoms with Crippen LogP contribution in [0.5, 0.6) is 0 Å². The number of rotatable bonds is 5. The fourth-order valence-electron chi connectivity index (χ4n) is 3.58. The van der Waals surface area contributed by atoms with Gasteiger partial charge in [-0.25, -0.2) is 4.79 Å². The molecule has 0 radical (unpaired) electrons. The summed E-state index contributed by atoms with van der Waals surface area (Å²) >= 11 is -1.06. The van der Waals surface area contributed by atoms with Crippen molar-refractivity contribution in [3.63, 3.8) is 0 Å². The predicted octanol–water partition coefficient (Wildman–Crippen LogP) is 4.15. The molecule has 1 fully saturated rings. The van der Waals surface area contributed by atoms with Crippen LogP contribution in [0.25, 0.3) is 0 Å². The van der Waals surface area contributed by atoms with Crippen LogP contribution in [-0.2, 0) is 11.4 Å². The molecular formula is C18H36N2O3S. The van der Waals surface area contributed by atoms with Crippen molar-refractivity contribution in [3.8, 4) is 0 Å². The molecule has 0 aromatic rings. The Bertz CT molecular complexity index is 409. The number of amides is 1. The van der Waals surface area contributed by atoms with Crippen molar-refractivity contribution in [2.45, 2.75) is 103 Å². The third-order valence-electron chi connectivity index (χ3n) is 4.86. The van der Waals surface area contributed by atoms with Gasteiger partial charge in [0.05, 0.1) is 6.04 Å². The van der Waals surface area contributed by atoms with E-state index >= 15 is 0 Å². The molecular weight excluding hydrogens is 324 g/mol. The summed E-state index contributed by atoms with van der Waals surface area (Å²) in [5.74, 6) is 0.466. The van der Waals surface area contributed by atoms with Gasteiger partial charge in [-0.1, -0.05) is 6.92 Å². The molecule has 2 N–H and O–H groups in total. The van der Waals surface area contributed by atoms with Crippen LogP contribution in [0.15, 0.2) is 0 Å². The fraction of sp³-hybridized carbons (Fsp3) is 0.944. The van der Waals surface area contributed by atoms with E-state index in [1.54, 1.807) is 4.90 Å². The Kier molecular flexibility index (Phi) is 7.45. The summed E-state index contributed by atoms with van der Waals surface area (Å²) in [6, 6.07) is 0.322. The van der Waals surface area contributed by atoms with Crippen LogP contribution in [-0.4, -0.2) is 43.0 Å². The molecule has 0 aromatic heterocycles. The topological polar surface area (TPSA) is 75.6 Å². The first-order chi connectivity index (χ1) is 10.9. The standard InChI is InChI=1S/C18H36N2O3S/c1-8-15(19-24(23)18(5,6)7)13-9-11-14(12-10-13)20(16(21)22)17(2,3)4/h13-15,19H,8-12H2,1-7H3,(H,21,22)/t13?,14?,15-,24?/m0/s1. The Morgan fingerprint density at radius 2 is 1.71 bits per heavy atom. The van der Waals surface area contributed by atoms with Gasteiger partial charge in [0, 0.05) is 22.9 Å². The molecule has 0 aromatic carbocycles. The van der Waals surface area contributed by atoms with Gasteiger partial charge in [0.2, 0.25) is 0 Å². The lowest BCUT2D eigenvalue weighted by Crippen LogP contribution is -2.53. The second-order valence-electron chi connectivity index (χ2n) is 8.91. The number of nitrogens with zero attached hydrogens (tertiary/aromatic N) is 1. The Morgan fingerprint density at radius 1 is 1.21 bits per heavy atom. The molecule has 1 aliphatic rings. The molecule has 2 atom stereocenters. The number of carboxylic acid groups (broad SMARTS) is 1. The maximum absolute atomic E-state index is 12.4. The minimum atomic E-state index is -1.06. The van der Waals surface area contributed by atoms with E-state index in [1.807, 2.05) is 41.5 Å². The summed E-state index contributed by atoms with van der Waals surface area (Å²) in [6.45, 7) is 13.9. The molecule has 0 aliphatic heterocycles. The van der Waals surface area contributed by atoms with Crippen LogP contribution >= 0.6 is 0 Å². The van der Waals surface area contributed by atoms with Gasteiger partial charge < -0.3 is 14.6 Å². The summed E-state index contributed by atoms with van der Waals surface area (Å²) in [6.07, 6.45) is 3.85. The van der Waals surface area contributed by atoms with Gasteiger partial charge in [0.15, 0.2) is 0 Å². The molecule has 0 heterocycles. The molecule has 1 saturated carbocycles. The largest absolute Gasteiger partial charge is 0.598 e. The SMILES string of the molecule is CC[C@H](N[S+]([O-])C(C)(C)C)C1CCC(N(C(=O)O)C(C)(C)C)CC1. The van der Waals surface area contributed by atoms with Crippen LogP contribution in [0.1, 0.15) is 80.6 Å². The van der Waals surface area contributed by atoms with Crippen molar-refractivity contribution in [2.24, 2.45) is 5.92 Å². The van der Waals surface area contributed by atoms with Crippen molar-refractivity contribution in [3.05, 3.63) is 0 Å². The molecule has 0 bridgehead atoms. The minimum absolute atomic E-state index is 0.0874. The van der Waals surface area contributed by atoms with Gasteiger partial charge in [0.1, 0.15) is 4.75 Å². The van der Waals surface area contributed by atoms with E-state index in [0.29, 0.717) is 5.92 Å². The van der Waals surface area contributed by atoms with E-state index in [9.17, 15) is 14.5 Å². The third-order valence-corrected chi connectivity index (χ3v) is 6.49. The van der Waals surface area contributed by atoms with E-state index in [4.69, 9.17) is 0 Å². The molecule has 1 amide bonds. The molecule has 5 nitrogen and oxygen atoms in total. The monoisotopic (exact) mass is 360 g/mol. The lowest BCUT2D eigenvalue weighted by atomic mass is 9.79. The fourth-order valence-corrected chi connectivity index (χ4v) is 4.57. The maximum atomic E-state index is 12.4. The van der Waals surface area contributed by atoms with E-state index in [2.05, 4.69) is 11.6 Å². The van der Waals surface area contributed by atoms with Crippen LogP contribution < -0.4 is 4.72 Å². The van der Waals surface area contributed by atoms with Gasteiger partial charge >= 0.3 is 6.09 Å². The maximum Gasteiger partial charge on any atom is 0.407 e. The lowest BCUT2D eigenvalue weighted by molar-refractivity contribution is 0.0478. The van der Waals surface area contributed by atoms with E-state index in [1.165, 1.54) is 0 Å². The first-order valence-corrected chi connectivity index (χ1v) is 10.2. The molecule has 1 aliphatic carbocycles. The first kappa shape index (κ1) is 21.6. The third kappa shape index (κ3) is 5.81. The molecule has 1 rings (SSSR count). The van der Waals surface area contributed by atoms with E-state index in [0.717, 1.165) is 32.1 Å². The second-order valence-corrected chi connectivity index (χ2v) is 10.9. The summed E-state index contributed by atoms with van der Waals surface area (Å²) in [4.78, 5) is 13.3. The van der Waals surface area contributed by atoms with Crippen LogP contribution in [0.4, 0.5) is 4.79 Å². The number of hydrogen-bond acceptors (Lipinski definition) is 3. The van der Waals surface area contributed by atoms with Crippen molar-refractivity contribution in [1.82, 2.24) is 9.62 Å². The van der Waals surface area contributed by atoms with Gasteiger partial charge in [-0.2, -0.15) is 0 Å². The summed E-state index contributed by atoms with van der Waals surface area (Å²) in [7, 11) is 0. The molecule has 6 heteroatoms. The highest BCUT2D eigenvalue weighted by molar-refractivity contribution is 7.90. The Balaban J connectivity index is 2.67. The summed E-state index contributed by atoms with van der Waals surface area (Å²) < 4.78 is 15.4. The highest BCUT2D eigenvalue weighted by atomic mass is 32.2. The zero-order chi connectivity index (χ0) is 18.7. The summed E-state index contributed by atoms with van der Waals surface area (Å²) in [5, 5.41) is 9.56. The zero-order valence-corrected chi connectivity index (χ0v) is 17.2. The van der Waals surface area contributed by atoms with Gasteiger partial charge in [0.25, 0.3) is 0 Å². The highest BCUT2D eigenvalue weighted by Gasteiger charge is 2.38. The van der Waals surface area contributed by atoms with Crippen molar-refractivity contribution in [1.29, 1.82) is 0 Å². The van der Waals surface area contributed by atoms with Crippen LogP contribution in [0, 0.1) is 5.92 Å². The molecule has 1 unspecified atom stereocenters.